The lowest BCUT2D eigenvalue weighted by atomic mass is 10.3. The second kappa shape index (κ2) is 3.89. The second-order valence-electron chi connectivity index (χ2n) is 3.19. The van der Waals surface area contributed by atoms with Gasteiger partial charge in [-0.15, -0.1) is 3.89 Å². The van der Waals surface area contributed by atoms with E-state index in [1.54, 1.807) is 0 Å². The van der Waals surface area contributed by atoms with Gasteiger partial charge in [-0.05, 0) is 12.1 Å². The number of hydrogen-bond acceptors (Lipinski definition) is 4. The summed E-state index contributed by atoms with van der Waals surface area (Å²) < 4.78 is 57.9. The molecule has 0 amide bonds. The number of fused-ring (bicyclic) bond motifs is 1. The molecule has 7 heteroatoms. The summed E-state index contributed by atoms with van der Waals surface area (Å²) in [5, 5.41) is 0. The van der Waals surface area contributed by atoms with Gasteiger partial charge < -0.3 is 9.47 Å². The van der Waals surface area contributed by atoms with E-state index in [0.717, 1.165) is 6.07 Å². The van der Waals surface area contributed by atoms with Crippen LogP contribution in [0.1, 0.15) is 6.42 Å². The molecule has 0 saturated heterocycles. The van der Waals surface area contributed by atoms with Crippen LogP contribution >= 0.6 is 0 Å². The quantitative estimate of drug-likeness (QED) is 0.711. The van der Waals surface area contributed by atoms with Gasteiger partial charge in [-0.3, -0.25) is 0 Å². The minimum absolute atomic E-state index is 0.0372. The first-order valence-electron chi connectivity index (χ1n) is 4.53. The number of ether oxygens (including phenoxy) is 2. The molecule has 0 aliphatic carbocycles. The van der Waals surface area contributed by atoms with Crippen molar-refractivity contribution < 1.29 is 26.2 Å². The normalized spacial score (nSPS) is 15.6. The Morgan fingerprint density at radius 2 is 1.88 bits per heavy atom. The molecule has 1 aromatic rings. The molecule has 1 aliphatic heterocycles. The molecule has 0 saturated carbocycles. The van der Waals surface area contributed by atoms with Gasteiger partial charge >= 0.3 is 10.2 Å². The molecule has 88 valence electrons. The van der Waals surface area contributed by atoms with Crippen molar-refractivity contribution >= 4 is 10.2 Å². The van der Waals surface area contributed by atoms with Crippen LogP contribution in [0.15, 0.2) is 17.0 Å². The lowest BCUT2D eigenvalue weighted by Gasteiger charge is -2.10. The van der Waals surface area contributed by atoms with Crippen LogP contribution in [0.25, 0.3) is 0 Å². The molecule has 2 rings (SSSR count). The lowest BCUT2D eigenvalue weighted by molar-refractivity contribution is 0.294. The van der Waals surface area contributed by atoms with Crippen molar-refractivity contribution in [1.82, 2.24) is 0 Å². The fourth-order valence-electron chi connectivity index (χ4n) is 1.41. The first-order chi connectivity index (χ1) is 7.50. The van der Waals surface area contributed by atoms with Crippen LogP contribution in [-0.4, -0.2) is 21.6 Å². The maximum atomic E-state index is 13.3. The van der Waals surface area contributed by atoms with Crippen LogP contribution < -0.4 is 9.47 Å². The average molecular weight is 250 g/mol. The standard InChI is InChI=1S/C9H8F2O4S/c10-6-2-3-7-8(9(6)16(11,12)13)15-5-1-4-14-7/h2-3H,1,4-5H2. The number of hydrogen-bond donors (Lipinski definition) is 0. The summed E-state index contributed by atoms with van der Waals surface area (Å²) >= 11 is 0. The molecule has 0 bridgehead atoms. The predicted molar refractivity (Wildman–Crippen MR) is 50.3 cm³/mol. The van der Waals surface area contributed by atoms with Crippen molar-refractivity contribution in [2.75, 3.05) is 13.2 Å². The maximum absolute atomic E-state index is 13.3. The number of rotatable bonds is 1. The zero-order chi connectivity index (χ0) is 11.8. The summed E-state index contributed by atoms with van der Waals surface area (Å²) in [5.41, 5.74) is 0. The monoisotopic (exact) mass is 250 g/mol. The zero-order valence-electron chi connectivity index (χ0n) is 8.07. The Balaban J connectivity index is 2.67. The molecule has 0 unspecified atom stereocenters. The van der Waals surface area contributed by atoms with E-state index in [4.69, 9.17) is 9.47 Å². The first kappa shape index (κ1) is 11.1. The molecule has 16 heavy (non-hydrogen) atoms. The van der Waals surface area contributed by atoms with Crippen molar-refractivity contribution in [3.05, 3.63) is 17.9 Å². The molecule has 1 aromatic carbocycles. The van der Waals surface area contributed by atoms with Crippen LogP contribution in [0.2, 0.25) is 0 Å². The SMILES string of the molecule is O=S(=O)(F)c1c(F)ccc2c1OCCCO2. The second-order valence-corrected chi connectivity index (χ2v) is 4.48. The minimum atomic E-state index is -5.17. The first-order valence-corrected chi connectivity index (χ1v) is 5.91. The molecule has 1 aliphatic rings. The highest BCUT2D eigenvalue weighted by Crippen LogP contribution is 2.38. The van der Waals surface area contributed by atoms with Gasteiger partial charge in [-0.1, -0.05) is 0 Å². The van der Waals surface area contributed by atoms with Crippen molar-refractivity contribution in [2.24, 2.45) is 0 Å². The Kier molecular flexibility index (Phi) is 2.71. The molecule has 0 spiro atoms. The van der Waals surface area contributed by atoms with Gasteiger partial charge in [0.25, 0.3) is 0 Å². The number of halogens is 2. The Labute approximate surface area is 91.0 Å². The largest absolute Gasteiger partial charge is 0.490 e. The van der Waals surface area contributed by atoms with E-state index in [1.165, 1.54) is 6.07 Å². The van der Waals surface area contributed by atoms with Gasteiger partial charge in [0.15, 0.2) is 16.4 Å². The van der Waals surface area contributed by atoms with Crippen LogP contribution in [0, 0.1) is 5.82 Å². The lowest BCUT2D eigenvalue weighted by Crippen LogP contribution is -2.03. The van der Waals surface area contributed by atoms with Crippen molar-refractivity contribution in [3.8, 4) is 11.5 Å². The summed E-state index contributed by atoms with van der Waals surface area (Å²) in [6, 6.07) is 2.05. The van der Waals surface area contributed by atoms with Gasteiger partial charge in [0.05, 0.1) is 13.2 Å². The zero-order valence-corrected chi connectivity index (χ0v) is 8.89. The van der Waals surface area contributed by atoms with E-state index in [2.05, 4.69) is 0 Å². The Morgan fingerprint density at radius 3 is 2.56 bits per heavy atom. The van der Waals surface area contributed by atoms with E-state index < -0.39 is 20.9 Å². The molecule has 1 heterocycles. The van der Waals surface area contributed by atoms with Gasteiger partial charge in [-0.25, -0.2) is 4.39 Å². The molecular weight excluding hydrogens is 242 g/mol. The van der Waals surface area contributed by atoms with Crippen molar-refractivity contribution in [3.63, 3.8) is 0 Å². The third-order valence-electron chi connectivity index (χ3n) is 2.06. The smallest absolute Gasteiger partial charge is 0.338 e. The minimum Gasteiger partial charge on any atom is -0.490 e. The van der Waals surface area contributed by atoms with E-state index >= 15 is 0 Å². The topological polar surface area (TPSA) is 52.6 Å². The molecule has 0 aromatic heterocycles. The summed E-state index contributed by atoms with van der Waals surface area (Å²) in [6.07, 6.45) is 0.516. The average Bonchev–Trinajstić information content (AvgIpc) is 2.40. The van der Waals surface area contributed by atoms with Gasteiger partial charge in [0.2, 0.25) is 0 Å². The highest BCUT2D eigenvalue weighted by atomic mass is 32.3. The third kappa shape index (κ3) is 1.95. The van der Waals surface area contributed by atoms with Crippen LogP contribution in [0.4, 0.5) is 8.28 Å². The summed E-state index contributed by atoms with van der Waals surface area (Å²) in [4.78, 5) is -1.09. The summed E-state index contributed by atoms with van der Waals surface area (Å²) in [7, 11) is -5.17. The Bertz CT molecular complexity index is 512. The van der Waals surface area contributed by atoms with Crippen molar-refractivity contribution in [2.45, 2.75) is 11.3 Å². The van der Waals surface area contributed by atoms with Crippen LogP contribution in [0.5, 0.6) is 11.5 Å². The molecule has 0 radical (unpaired) electrons. The maximum Gasteiger partial charge on any atom is 0.338 e. The van der Waals surface area contributed by atoms with E-state index in [0.29, 0.717) is 13.0 Å². The molecule has 0 N–H and O–H groups in total. The van der Waals surface area contributed by atoms with E-state index in [-0.39, 0.29) is 18.1 Å². The van der Waals surface area contributed by atoms with Crippen LogP contribution in [-0.2, 0) is 10.2 Å². The molecular formula is C9H8F2O4S. The van der Waals surface area contributed by atoms with Gasteiger partial charge in [-0.2, -0.15) is 8.42 Å². The number of benzene rings is 1. The third-order valence-corrected chi connectivity index (χ3v) is 2.93. The van der Waals surface area contributed by atoms with Gasteiger partial charge in [0.1, 0.15) is 5.82 Å². The Morgan fingerprint density at radius 1 is 1.19 bits per heavy atom. The Hall–Kier alpha value is -1.37. The summed E-state index contributed by atoms with van der Waals surface area (Å²) in [5.74, 6) is -1.54. The van der Waals surface area contributed by atoms with Gasteiger partial charge in [0, 0.05) is 6.42 Å². The van der Waals surface area contributed by atoms with Crippen molar-refractivity contribution in [1.29, 1.82) is 0 Å². The highest BCUT2D eigenvalue weighted by Gasteiger charge is 2.28. The van der Waals surface area contributed by atoms with E-state index in [1.807, 2.05) is 0 Å². The highest BCUT2D eigenvalue weighted by molar-refractivity contribution is 7.86. The van der Waals surface area contributed by atoms with E-state index in [9.17, 15) is 16.7 Å². The molecule has 0 fully saturated rings. The summed E-state index contributed by atoms with van der Waals surface area (Å²) in [6.45, 7) is 0.462. The fourth-order valence-corrected chi connectivity index (χ4v) is 2.10. The van der Waals surface area contributed by atoms with Crippen LogP contribution in [0.3, 0.4) is 0 Å². The fraction of sp³-hybridized carbons (Fsp3) is 0.333. The molecule has 0 atom stereocenters. The predicted octanol–water partition coefficient (Wildman–Crippen LogP) is 1.65. The molecule has 4 nitrogen and oxygen atoms in total.